The van der Waals surface area contributed by atoms with Crippen LogP contribution < -0.4 is 5.56 Å². The molecule has 5 nitrogen and oxygen atoms in total. The SMILES string of the molecule is CCCc1sc2nc(SCC(=O)N3[C@@H](C)CCC[C@@H]3C)n(-c3ccc(F)cc3)c(=O)c2c1C. The number of halogens is 1. The van der Waals surface area contributed by atoms with Crippen molar-refractivity contribution in [2.24, 2.45) is 0 Å². The lowest BCUT2D eigenvalue weighted by atomic mass is 9.98. The Kier molecular flexibility index (Phi) is 7.24. The fraction of sp³-hybridized carbons (Fsp3) is 0.480. The van der Waals surface area contributed by atoms with Gasteiger partial charge in [0.15, 0.2) is 5.16 Å². The number of piperidine rings is 1. The fourth-order valence-corrected chi connectivity index (χ4v) is 6.91. The smallest absolute Gasteiger partial charge is 0.267 e. The second-order valence-corrected chi connectivity index (χ2v) is 10.8. The lowest BCUT2D eigenvalue weighted by Crippen LogP contribution is -2.48. The number of hydrogen-bond donors (Lipinski definition) is 0. The zero-order valence-corrected chi connectivity index (χ0v) is 21.2. The molecule has 176 valence electrons. The van der Waals surface area contributed by atoms with E-state index >= 15 is 0 Å². The number of hydrogen-bond acceptors (Lipinski definition) is 5. The second kappa shape index (κ2) is 9.97. The first kappa shape index (κ1) is 24.0. The Morgan fingerprint density at radius 3 is 2.52 bits per heavy atom. The molecule has 33 heavy (non-hydrogen) atoms. The normalized spacial score (nSPS) is 18.8. The van der Waals surface area contributed by atoms with Gasteiger partial charge in [-0.2, -0.15) is 0 Å². The monoisotopic (exact) mass is 487 g/mol. The standard InChI is InChI=1S/C25H30FN3O2S2/c1-5-7-20-17(4)22-23(33-20)27-25(29(24(22)31)19-12-10-18(26)11-13-19)32-14-21(30)28-15(2)8-6-9-16(28)3/h10-13,15-16H,5-9,14H2,1-4H3/t15-,16-/m0/s1. The van der Waals surface area contributed by atoms with E-state index < -0.39 is 0 Å². The first-order valence-electron chi connectivity index (χ1n) is 11.6. The van der Waals surface area contributed by atoms with Gasteiger partial charge < -0.3 is 4.90 Å². The summed E-state index contributed by atoms with van der Waals surface area (Å²) in [6, 6.07) is 6.28. The van der Waals surface area contributed by atoms with Gasteiger partial charge in [0.2, 0.25) is 5.91 Å². The van der Waals surface area contributed by atoms with Gasteiger partial charge >= 0.3 is 0 Å². The third-order valence-corrected chi connectivity index (χ3v) is 8.57. The Bertz CT molecular complexity index is 1210. The van der Waals surface area contributed by atoms with Crippen LogP contribution in [-0.2, 0) is 11.2 Å². The van der Waals surface area contributed by atoms with Crippen LogP contribution in [0, 0.1) is 12.7 Å². The molecule has 0 unspecified atom stereocenters. The minimum atomic E-state index is -0.366. The molecular weight excluding hydrogens is 457 g/mol. The summed E-state index contributed by atoms with van der Waals surface area (Å²) in [6.45, 7) is 8.28. The van der Waals surface area contributed by atoms with Crippen molar-refractivity contribution in [3.8, 4) is 5.69 Å². The highest BCUT2D eigenvalue weighted by Gasteiger charge is 2.29. The van der Waals surface area contributed by atoms with Gasteiger partial charge in [-0.25, -0.2) is 9.37 Å². The van der Waals surface area contributed by atoms with Gasteiger partial charge in [-0.1, -0.05) is 25.1 Å². The molecule has 3 heterocycles. The van der Waals surface area contributed by atoms with E-state index in [-0.39, 0.29) is 35.1 Å². The number of fused-ring (bicyclic) bond motifs is 1. The summed E-state index contributed by atoms with van der Waals surface area (Å²) in [6.07, 6.45) is 5.05. The number of aryl methyl sites for hydroxylation is 2. The summed E-state index contributed by atoms with van der Waals surface area (Å²) in [5.74, 6) is -0.0935. The predicted molar refractivity (Wildman–Crippen MR) is 134 cm³/mol. The largest absolute Gasteiger partial charge is 0.337 e. The summed E-state index contributed by atoms with van der Waals surface area (Å²) in [7, 11) is 0. The molecule has 0 radical (unpaired) electrons. The van der Waals surface area contributed by atoms with E-state index in [2.05, 4.69) is 20.8 Å². The summed E-state index contributed by atoms with van der Waals surface area (Å²) in [5.41, 5.74) is 1.35. The summed E-state index contributed by atoms with van der Waals surface area (Å²) < 4.78 is 15.1. The number of likely N-dealkylation sites (tertiary alicyclic amines) is 1. The number of rotatable bonds is 6. The molecule has 1 amide bonds. The van der Waals surface area contributed by atoms with Crippen molar-refractivity contribution in [1.82, 2.24) is 14.5 Å². The Hall–Kier alpha value is -2.19. The molecule has 0 bridgehead atoms. The zero-order chi connectivity index (χ0) is 23.7. The van der Waals surface area contributed by atoms with E-state index in [4.69, 9.17) is 4.98 Å². The molecule has 1 saturated heterocycles. The highest BCUT2D eigenvalue weighted by atomic mass is 32.2. The number of thioether (sulfide) groups is 1. The molecular formula is C25H30FN3O2S2. The average Bonchev–Trinajstić information content (AvgIpc) is 3.09. The maximum Gasteiger partial charge on any atom is 0.267 e. The van der Waals surface area contributed by atoms with Crippen molar-refractivity contribution in [3.05, 3.63) is 50.9 Å². The van der Waals surface area contributed by atoms with Gasteiger partial charge in [-0.05, 0) is 76.3 Å². The molecule has 3 aromatic rings. The molecule has 0 saturated carbocycles. The van der Waals surface area contributed by atoms with Gasteiger partial charge in [-0.3, -0.25) is 14.2 Å². The molecule has 1 aromatic carbocycles. The Balaban J connectivity index is 1.75. The highest BCUT2D eigenvalue weighted by molar-refractivity contribution is 7.99. The van der Waals surface area contributed by atoms with Gasteiger partial charge in [0.25, 0.3) is 5.56 Å². The van der Waals surface area contributed by atoms with Crippen molar-refractivity contribution in [3.63, 3.8) is 0 Å². The number of carbonyl (C=O) groups is 1. The van der Waals surface area contributed by atoms with Crippen molar-refractivity contribution < 1.29 is 9.18 Å². The fourth-order valence-electron chi connectivity index (χ4n) is 4.70. The Labute approximate surface area is 202 Å². The first-order valence-corrected chi connectivity index (χ1v) is 13.4. The van der Waals surface area contributed by atoms with Gasteiger partial charge in [0.1, 0.15) is 10.6 Å². The van der Waals surface area contributed by atoms with Crippen LogP contribution in [-0.4, -0.2) is 38.2 Å². The topological polar surface area (TPSA) is 55.2 Å². The zero-order valence-electron chi connectivity index (χ0n) is 19.6. The van der Waals surface area contributed by atoms with Crippen LogP contribution >= 0.6 is 23.1 Å². The molecule has 8 heteroatoms. The maximum atomic E-state index is 13.7. The summed E-state index contributed by atoms with van der Waals surface area (Å²) >= 11 is 2.84. The Morgan fingerprint density at radius 2 is 1.88 bits per heavy atom. The van der Waals surface area contributed by atoms with Gasteiger partial charge in [-0.15, -0.1) is 11.3 Å². The lowest BCUT2D eigenvalue weighted by molar-refractivity contribution is -0.134. The third kappa shape index (κ3) is 4.73. The molecule has 4 rings (SSSR count). The number of thiophene rings is 1. The van der Waals surface area contributed by atoms with E-state index in [9.17, 15) is 14.0 Å². The minimum absolute atomic E-state index is 0.0636. The number of amides is 1. The minimum Gasteiger partial charge on any atom is -0.337 e. The molecule has 0 aliphatic carbocycles. The maximum absolute atomic E-state index is 13.7. The number of benzene rings is 1. The van der Waals surface area contributed by atoms with Crippen LogP contribution in [0.1, 0.15) is 56.9 Å². The van der Waals surface area contributed by atoms with Crippen molar-refractivity contribution in [2.45, 2.75) is 77.0 Å². The quantitative estimate of drug-likeness (QED) is 0.329. The predicted octanol–water partition coefficient (Wildman–Crippen LogP) is 5.73. The molecule has 1 fully saturated rings. The first-order chi connectivity index (χ1) is 15.8. The van der Waals surface area contributed by atoms with Crippen LogP contribution in [0.3, 0.4) is 0 Å². The molecule has 0 N–H and O–H groups in total. The van der Waals surface area contributed by atoms with Crippen LogP contribution in [0.25, 0.3) is 15.9 Å². The molecule has 2 atom stereocenters. The van der Waals surface area contributed by atoms with Crippen molar-refractivity contribution >= 4 is 39.2 Å². The third-order valence-electron chi connectivity index (χ3n) is 6.40. The summed E-state index contributed by atoms with van der Waals surface area (Å²) in [5, 5.41) is 1.08. The van der Waals surface area contributed by atoms with Crippen molar-refractivity contribution in [2.75, 3.05) is 5.75 Å². The molecule has 0 spiro atoms. The van der Waals surface area contributed by atoms with E-state index in [1.165, 1.54) is 28.5 Å². The number of carbonyl (C=O) groups excluding carboxylic acids is 1. The Morgan fingerprint density at radius 1 is 1.21 bits per heavy atom. The lowest BCUT2D eigenvalue weighted by Gasteiger charge is -2.39. The van der Waals surface area contributed by atoms with E-state index in [1.807, 2.05) is 11.8 Å². The molecule has 2 aromatic heterocycles. The van der Waals surface area contributed by atoms with E-state index in [0.717, 1.165) is 42.5 Å². The van der Waals surface area contributed by atoms with Crippen LogP contribution in [0.15, 0.2) is 34.2 Å². The van der Waals surface area contributed by atoms with Crippen LogP contribution in [0.5, 0.6) is 0 Å². The van der Waals surface area contributed by atoms with Gasteiger partial charge in [0.05, 0.1) is 16.8 Å². The number of aromatic nitrogens is 2. The summed E-state index contributed by atoms with van der Waals surface area (Å²) in [4.78, 5) is 35.4. The second-order valence-electron chi connectivity index (χ2n) is 8.81. The molecule has 1 aliphatic rings. The number of nitrogens with zero attached hydrogens (tertiary/aromatic N) is 3. The van der Waals surface area contributed by atoms with E-state index in [0.29, 0.717) is 21.1 Å². The van der Waals surface area contributed by atoms with E-state index in [1.54, 1.807) is 23.5 Å². The average molecular weight is 488 g/mol. The van der Waals surface area contributed by atoms with Gasteiger partial charge in [0, 0.05) is 17.0 Å². The van der Waals surface area contributed by atoms with Crippen molar-refractivity contribution in [1.29, 1.82) is 0 Å². The molecule has 1 aliphatic heterocycles. The van der Waals surface area contributed by atoms with Crippen LogP contribution in [0.4, 0.5) is 4.39 Å². The highest BCUT2D eigenvalue weighted by Crippen LogP contribution is 2.32. The van der Waals surface area contributed by atoms with Crippen LogP contribution in [0.2, 0.25) is 0 Å².